The molecule has 0 amide bonds. The van der Waals surface area contributed by atoms with E-state index in [1.54, 1.807) is 0 Å². The van der Waals surface area contributed by atoms with Crippen LogP contribution in [-0.2, 0) is 17.3 Å². The van der Waals surface area contributed by atoms with Crippen molar-refractivity contribution in [3.63, 3.8) is 0 Å². The van der Waals surface area contributed by atoms with Gasteiger partial charge in [0.15, 0.2) is 22.9 Å². The number of ether oxygens (including phenoxy) is 5. The van der Waals surface area contributed by atoms with E-state index in [1.807, 2.05) is 0 Å². The van der Waals surface area contributed by atoms with E-state index < -0.39 is 48.0 Å². The molecule has 2 atom stereocenters. The first kappa shape index (κ1) is 30.1. The summed E-state index contributed by atoms with van der Waals surface area (Å²) in [5.74, 6) is -2.19. The number of aromatic nitrogens is 3. The van der Waals surface area contributed by atoms with Gasteiger partial charge in [-0.05, 0) is 68.1 Å². The average molecular weight is 636 g/mol. The van der Waals surface area contributed by atoms with Crippen molar-refractivity contribution in [1.82, 2.24) is 14.8 Å². The minimum Gasteiger partial charge on any atom is -0.484 e. The number of fused-ring (bicyclic) bond motifs is 2. The number of halogens is 6. The summed E-state index contributed by atoms with van der Waals surface area (Å²) in [5, 5.41) is 3.87. The van der Waals surface area contributed by atoms with Crippen molar-refractivity contribution in [2.45, 2.75) is 50.9 Å². The number of alkyl halides is 5. The number of pyridine rings is 1. The monoisotopic (exact) mass is 635 g/mol. The van der Waals surface area contributed by atoms with E-state index in [2.05, 4.69) is 24.3 Å². The van der Waals surface area contributed by atoms with Crippen LogP contribution in [0.2, 0.25) is 0 Å². The Morgan fingerprint density at radius 2 is 1.82 bits per heavy atom. The van der Waals surface area contributed by atoms with Gasteiger partial charge in [-0.1, -0.05) is 6.07 Å². The number of benzene rings is 2. The van der Waals surface area contributed by atoms with Gasteiger partial charge in [0.05, 0.1) is 30.3 Å². The lowest BCUT2D eigenvalue weighted by Crippen LogP contribution is -2.25. The van der Waals surface area contributed by atoms with Crippen molar-refractivity contribution in [3.05, 3.63) is 88.8 Å². The molecule has 1 aliphatic carbocycles. The number of esters is 1. The molecular formula is C30H23F6N3O6. The molecule has 9 nitrogen and oxygen atoms in total. The lowest BCUT2D eigenvalue weighted by Gasteiger charge is -2.26. The van der Waals surface area contributed by atoms with Crippen LogP contribution >= 0.6 is 0 Å². The standard InChI is InChI=1S/C30H23F6N3O6/c1-15(17-8-11-21-23(12-17)45-30(35,36)44-21)42-24-13-18(14-37-27(24)31)39-25-20(26(38-39)29(32,33)34)4-3-5-22(25)43-19-9-6-16(7-10-19)28(40)41-2/h6-15,22H,3-5H2,1-2H3/t15-,22-/m0/s1. The highest BCUT2D eigenvalue weighted by molar-refractivity contribution is 5.89. The molecule has 2 aromatic carbocycles. The van der Waals surface area contributed by atoms with Crippen LogP contribution in [0, 0.1) is 5.95 Å². The highest BCUT2D eigenvalue weighted by Gasteiger charge is 2.44. The molecule has 0 saturated heterocycles. The molecule has 0 N–H and O–H groups in total. The van der Waals surface area contributed by atoms with Gasteiger partial charge in [0.1, 0.15) is 18.0 Å². The number of rotatable bonds is 7. The molecule has 0 spiro atoms. The van der Waals surface area contributed by atoms with Crippen molar-refractivity contribution in [2.75, 3.05) is 7.11 Å². The van der Waals surface area contributed by atoms with Crippen LogP contribution in [0.5, 0.6) is 23.0 Å². The van der Waals surface area contributed by atoms with Crippen molar-refractivity contribution in [3.8, 4) is 28.7 Å². The van der Waals surface area contributed by atoms with Gasteiger partial charge in [0.25, 0.3) is 5.95 Å². The van der Waals surface area contributed by atoms with Gasteiger partial charge in [-0.15, -0.1) is 8.78 Å². The van der Waals surface area contributed by atoms with E-state index in [4.69, 9.17) is 9.47 Å². The molecule has 45 heavy (non-hydrogen) atoms. The second-order valence-electron chi connectivity index (χ2n) is 10.3. The van der Waals surface area contributed by atoms with Gasteiger partial charge >= 0.3 is 18.4 Å². The maximum absolute atomic E-state index is 14.8. The smallest absolute Gasteiger partial charge is 0.484 e. The van der Waals surface area contributed by atoms with E-state index in [0.29, 0.717) is 24.2 Å². The highest BCUT2D eigenvalue weighted by atomic mass is 19.4. The number of methoxy groups -OCH3 is 1. The number of hydrogen-bond donors (Lipinski definition) is 0. The van der Waals surface area contributed by atoms with Crippen LogP contribution in [-0.4, -0.2) is 34.1 Å². The molecule has 2 aliphatic rings. The Morgan fingerprint density at radius 1 is 1.09 bits per heavy atom. The number of nitrogens with zero attached hydrogens (tertiary/aromatic N) is 3. The van der Waals surface area contributed by atoms with Crippen LogP contribution < -0.4 is 18.9 Å². The van der Waals surface area contributed by atoms with Gasteiger partial charge in [0, 0.05) is 11.6 Å². The van der Waals surface area contributed by atoms with E-state index in [1.165, 1.54) is 56.5 Å². The van der Waals surface area contributed by atoms with Crippen molar-refractivity contribution in [2.24, 2.45) is 0 Å². The van der Waals surface area contributed by atoms with Crippen LogP contribution in [0.3, 0.4) is 0 Å². The zero-order valence-electron chi connectivity index (χ0n) is 23.5. The van der Waals surface area contributed by atoms with E-state index in [0.717, 1.165) is 16.9 Å². The summed E-state index contributed by atoms with van der Waals surface area (Å²) in [6, 6.07) is 11.0. The van der Waals surface area contributed by atoms with Crippen LogP contribution in [0.4, 0.5) is 26.3 Å². The predicted molar refractivity (Wildman–Crippen MR) is 142 cm³/mol. The van der Waals surface area contributed by atoms with Crippen LogP contribution in [0.15, 0.2) is 54.7 Å². The number of hydrogen-bond acceptors (Lipinski definition) is 8. The maximum Gasteiger partial charge on any atom is 0.586 e. The Hall–Kier alpha value is -4.95. The van der Waals surface area contributed by atoms with Gasteiger partial charge < -0.3 is 23.7 Å². The van der Waals surface area contributed by atoms with Gasteiger partial charge in [-0.3, -0.25) is 0 Å². The van der Waals surface area contributed by atoms with Crippen LogP contribution in [0.1, 0.15) is 64.8 Å². The average Bonchev–Trinajstić information content (AvgIpc) is 3.55. The summed E-state index contributed by atoms with van der Waals surface area (Å²) in [7, 11) is 1.23. The lowest BCUT2D eigenvalue weighted by atomic mass is 9.93. The Bertz CT molecular complexity index is 1760. The van der Waals surface area contributed by atoms with Crippen molar-refractivity contribution < 1.29 is 54.8 Å². The molecule has 0 bridgehead atoms. The fourth-order valence-electron chi connectivity index (χ4n) is 5.23. The van der Waals surface area contributed by atoms with Gasteiger partial charge in [0.2, 0.25) is 0 Å². The molecule has 15 heteroatoms. The molecule has 0 unspecified atom stereocenters. The highest BCUT2D eigenvalue weighted by Crippen LogP contribution is 2.44. The lowest BCUT2D eigenvalue weighted by molar-refractivity contribution is -0.286. The molecule has 4 aromatic rings. The minimum absolute atomic E-state index is 0.0350. The first-order valence-corrected chi connectivity index (χ1v) is 13.6. The molecule has 3 heterocycles. The Balaban J connectivity index is 1.33. The molecule has 0 fully saturated rings. The summed E-state index contributed by atoms with van der Waals surface area (Å²) in [5.41, 5.74) is -0.521. The number of carbonyl (C=O) groups is 1. The summed E-state index contributed by atoms with van der Waals surface area (Å²) < 4.78 is 110. The third kappa shape index (κ3) is 5.93. The van der Waals surface area contributed by atoms with Crippen molar-refractivity contribution in [1.29, 1.82) is 0 Å². The minimum atomic E-state index is -4.79. The van der Waals surface area contributed by atoms with Gasteiger partial charge in [-0.25, -0.2) is 14.5 Å². The largest absolute Gasteiger partial charge is 0.586 e. The second kappa shape index (κ2) is 11.2. The molecule has 2 aromatic heterocycles. The quantitative estimate of drug-likeness (QED) is 0.120. The summed E-state index contributed by atoms with van der Waals surface area (Å²) >= 11 is 0. The molecule has 1 aliphatic heterocycles. The first-order valence-electron chi connectivity index (χ1n) is 13.6. The molecular weight excluding hydrogens is 612 g/mol. The summed E-state index contributed by atoms with van der Waals surface area (Å²) in [6.07, 6.45) is -8.64. The van der Waals surface area contributed by atoms with Gasteiger partial charge in [-0.2, -0.15) is 22.7 Å². The van der Waals surface area contributed by atoms with Crippen molar-refractivity contribution >= 4 is 5.97 Å². The molecule has 236 valence electrons. The number of carbonyl (C=O) groups excluding carboxylic acids is 1. The Labute approximate surface area is 251 Å². The molecule has 0 radical (unpaired) electrons. The van der Waals surface area contributed by atoms with E-state index in [-0.39, 0.29) is 40.4 Å². The zero-order chi connectivity index (χ0) is 32.1. The second-order valence-corrected chi connectivity index (χ2v) is 10.3. The normalized spacial score (nSPS) is 17.4. The maximum atomic E-state index is 14.8. The fraction of sp³-hybridized carbons (Fsp3) is 0.300. The summed E-state index contributed by atoms with van der Waals surface area (Å²) in [4.78, 5) is 15.5. The zero-order valence-corrected chi connectivity index (χ0v) is 23.5. The predicted octanol–water partition coefficient (Wildman–Crippen LogP) is 7.13. The fourth-order valence-corrected chi connectivity index (χ4v) is 5.23. The Kier molecular flexibility index (Phi) is 7.49. The third-order valence-electron chi connectivity index (χ3n) is 7.28. The van der Waals surface area contributed by atoms with Crippen LogP contribution in [0.25, 0.3) is 5.69 Å². The Morgan fingerprint density at radius 3 is 2.53 bits per heavy atom. The van der Waals surface area contributed by atoms with E-state index in [9.17, 15) is 31.1 Å². The van der Waals surface area contributed by atoms with E-state index >= 15 is 0 Å². The first-order chi connectivity index (χ1) is 21.3. The molecule has 6 rings (SSSR count). The third-order valence-corrected chi connectivity index (χ3v) is 7.28. The summed E-state index contributed by atoms with van der Waals surface area (Å²) in [6.45, 7) is 1.51. The topological polar surface area (TPSA) is 93.9 Å². The molecule has 0 saturated carbocycles. The SMILES string of the molecule is COC(=O)c1ccc(O[C@H]2CCCc3c(C(F)(F)F)nn(-c4cnc(F)c(O[C@@H](C)c5ccc6c(c5)OC(F)(F)O6)c4)c32)cc1.